The van der Waals surface area contributed by atoms with Gasteiger partial charge in [0.1, 0.15) is 12.4 Å². The van der Waals surface area contributed by atoms with E-state index < -0.39 is 6.10 Å². The summed E-state index contributed by atoms with van der Waals surface area (Å²) in [6, 6.07) is 7.48. The average Bonchev–Trinajstić information content (AvgIpc) is 2.45. The van der Waals surface area contributed by atoms with Crippen molar-refractivity contribution in [2.24, 2.45) is 0 Å². The van der Waals surface area contributed by atoms with Crippen LogP contribution in [0, 0.1) is 0 Å². The minimum Gasteiger partial charge on any atom is -0.491 e. The van der Waals surface area contributed by atoms with Gasteiger partial charge in [-0.25, -0.2) is 0 Å². The summed E-state index contributed by atoms with van der Waals surface area (Å²) < 4.78 is 16.7. The molecule has 2 atom stereocenters. The lowest BCUT2D eigenvalue weighted by atomic mass is 10.1. The van der Waals surface area contributed by atoms with Gasteiger partial charge in [0.15, 0.2) is 6.29 Å². The quantitative estimate of drug-likeness (QED) is 0.804. The maximum absolute atomic E-state index is 9.49. The molecule has 1 aliphatic rings. The van der Waals surface area contributed by atoms with Gasteiger partial charge in [-0.05, 0) is 43.9 Å². The van der Waals surface area contributed by atoms with E-state index in [-0.39, 0.29) is 6.29 Å². The SMILES string of the molecule is C[C@@H](O)c1cccc(OCCO[C@H]2CCCCO2)c1. The third kappa shape index (κ3) is 4.82. The molecule has 1 aromatic rings. The Morgan fingerprint density at radius 2 is 2.26 bits per heavy atom. The molecule has 19 heavy (non-hydrogen) atoms. The van der Waals surface area contributed by atoms with Gasteiger partial charge >= 0.3 is 0 Å². The fraction of sp³-hybridized carbons (Fsp3) is 0.600. The highest BCUT2D eigenvalue weighted by molar-refractivity contribution is 5.29. The number of hydrogen-bond acceptors (Lipinski definition) is 4. The fourth-order valence-electron chi connectivity index (χ4n) is 2.05. The Bertz CT molecular complexity index is 372. The van der Waals surface area contributed by atoms with Gasteiger partial charge in [-0.1, -0.05) is 12.1 Å². The van der Waals surface area contributed by atoms with Crippen LogP contribution in [0.5, 0.6) is 5.75 Å². The molecule has 0 spiro atoms. The van der Waals surface area contributed by atoms with E-state index in [0.717, 1.165) is 30.8 Å². The van der Waals surface area contributed by atoms with E-state index in [4.69, 9.17) is 14.2 Å². The molecule has 0 saturated carbocycles. The van der Waals surface area contributed by atoms with Crippen LogP contribution in [0.1, 0.15) is 37.9 Å². The van der Waals surface area contributed by atoms with Gasteiger partial charge in [0.05, 0.1) is 12.7 Å². The Morgan fingerprint density at radius 1 is 1.37 bits per heavy atom. The molecule has 0 aliphatic carbocycles. The molecule has 4 nitrogen and oxygen atoms in total. The van der Waals surface area contributed by atoms with Crippen molar-refractivity contribution < 1.29 is 19.3 Å². The number of aliphatic hydroxyl groups excluding tert-OH is 1. The van der Waals surface area contributed by atoms with Gasteiger partial charge in [0, 0.05) is 6.61 Å². The Balaban J connectivity index is 1.68. The number of benzene rings is 1. The lowest BCUT2D eigenvalue weighted by Gasteiger charge is -2.22. The minimum atomic E-state index is -0.476. The second-order valence-corrected chi connectivity index (χ2v) is 4.76. The van der Waals surface area contributed by atoms with Crippen LogP contribution in [0.2, 0.25) is 0 Å². The van der Waals surface area contributed by atoms with Crippen LogP contribution < -0.4 is 4.74 Å². The highest BCUT2D eigenvalue weighted by Gasteiger charge is 2.13. The van der Waals surface area contributed by atoms with Crippen LogP contribution in [-0.2, 0) is 9.47 Å². The van der Waals surface area contributed by atoms with E-state index in [9.17, 15) is 5.11 Å². The summed E-state index contributed by atoms with van der Waals surface area (Å²) in [6.45, 7) is 3.54. The topological polar surface area (TPSA) is 47.9 Å². The molecule has 106 valence electrons. The number of ether oxygens (including phenoxy) is 3. The van der Waals surface area contributed by atoms with E-state index in [1.165, 1.54) is 6.42 Å². The normalized spacial score (nSPS) is 21.1. The van der Waals surface area contributed by atoms with Crippen molar-refractivity contribution in [1.29, 1.82) is 0 Å². The standard InChI is InChI=1S/C15H22O4/c1-12(16)13-5-4-6-14(11-13)17-9-10-19-15-7-2-3-8-18-15/h4-6,11-12,15-16H,2-3,7-10H2,1H3/t12-,15+/m1/s1. The third-order valence-corrected chi connectivity index (χ3v) is 3.13. The lowest BCUT2D eigenvalue weighted by Crippen LogP contribution is -2.24. The molecule has 2 rings (SSSR count). The summed E-state index contributed by atoms with van der Waals surface area (Å²) in [6.07, 6.45) is 2.72. The summed E-state index contributed by atoms with van der Waals surface area (Å²) in [5.74, 6) is 0.756. The highest BCUT2D eigenvalue weighted by Crippen LogP contribution is 2.19. The Hall–Kier alpha value is -1.10. The molecule has 1 N–H and O–H groups in total. The molecule has 4 heteroatoms. The van der Waals surface area contributed by atoms with Gasteiger partial charge in [0.25, 0.3) is 0 Å². The van der Waals surface area contributed by atoms with Crippen molar-refractivity contribution in [1.82, 2.24) is 0 Å². The Kier molecular flexibility index (Phi) is 5.63. The fourth-order valence-corrected chi connectivity index (χ4v) is 2.05. The first-order chi connectivity index (χ1) is 9.25. The smallest absolute Gasteiger partial charge is 0.157 e. The first-order valence-electron chi connectivity index (χ1n) is 6.90. The third-order valence-electron chi connectivity index (χ3n) is 3.13. The zero-order chi connectivity index (χ0) is 13.5. The lowest BCUT2D eigenvalue weighted by molar-refractivity contribution is -0.165. The maximum atomic E-state index is 9.49. The molecule has 1 aliphatic heterocycles. The van der Waals surface area contributed by atoms with Gasteiger partial charge in [-0.15, -0.1) is 0 Å². The van der Waals surface area contributed by atoms with Gasteiger partial charge in [-0.3, -0.25) is 0 Å². The molecule has 0 amide bonds. The molecule has 0 bridgehead atoms. The number of rotatable bonds is 6. The monoisotopic (exact) mass is 266 g/mol. The average molecular weight is 266 g/mol. The van der Waals surface area contributed by atoms with Crippen molar-refractivity contribution in [2.75, 3.05) is 19.8 Å². The van der Waals surface area contributed by atoms with Crippen LogP contribution in [-0.4, -0.2) is 31.2 Å². The number of hydrogen-bond donors (Lipinski definition) is 1. The first-order valence-corrected chi connectivity index (χ1v) is 6.90. The minimum absolute atomic E-state index is 0.0684. The van der Waals surface area contributed by atoms with Gasteiger partial charge < -0.3 is 19.3 Å². The van der Waals surface area contributed by atoms with E-state index in [2.05, 4.69) is 0 Å². The van der Waals surface area contributed by atoms with Crippen LogP contribution in [0.15, 0.2) is 24.3 Å². The number of aliphatic hydroxyl groups is 1. The van der Waals surface area contributed by atoms with Crippen LogP contribution >= 0.6 is 0 Å². The summed E-state index contributed by atoms with van der Waals surface area (Å²) >= 11 is 0. The molecule has 0 radical (unpaired) electrons. The summed E-state index contributed by atoms with van der Waals surface area (Å²) in [5, 5.41) is 9.49. The largest absolute Gasteiger partial charge is 0.491 e. The zero-order valence-electron chi connectivity index (χ0n) is 11.4. The van der Waals surface area contributed by atoms with Crippen molar-refractivity contribution >= 4 is 0 Å². The molecular formula is C15H22O4. The first kappa shape index (κ1) is 14.3. The second kappa shape index (κ2) is 7.48. The van der Waals surface area contributed by atoms with Crippen LogP contribution in [0.3, 0.4) is 0 Å². The van der Waals surface area contributed by atoms with Gasteiger partial charge in [-0.2, -0.15) is 0 Å². The second-order valence-electron chi connectivity index (χ2n) is 4.76. The molecular weight excluding hydrogens is 244 g/mol. The van der Waals surface area contributed by atoms with Crippen molar-refractivity contribution in [3.05, 3.63) is 29.8 Å². The summed E-state index contributed by atoms with van der Waals surface area (Å²) in [7, 11) is 0. The summed E-state index contributed by atoms with van der Waals surface area (Å²) in [4.78, 5) is 0. The van der Waals surface area contributed by atoms with Crippen molar-refractivity contribution in [2.45, 2.75) is 38.6 Å². The molecule has 0 unspecified atom stereocenters. The zero-order valence-corrected chi connectivity index (χ0v) is 11.4. The predicted molar refractivity (Wildman–Crippen MR) is 72.1 cm³/mol. The Labute approximate surface area is 114 Å². The van der Waals surface area contributed by atoms with Gasteiger partial charge in [0.2, 0.25) is 0 Å². The van der Waals surface area contributed by atoms with Crippen molar-refractivity contribution in [3.63, 3.8) is 0 Å². The van der Waals surface area contributed by atoms with Crippen LogP contribution in [0.4, 0.5) is 0 Å². The molecule has 1 heterocycles. The molecule has 1 aromatic carbocycles. The van der Waals surface area contributed by atoms with Crippen molar-refractivity contribution in [3.8, 4) is 5.75 Å². The van der Waals surface area contributed by atoms with E-state index >= 15 is 0 Å². The molecule has 0 aromatic heterocycles. The Morgan fingerprint density at radius 3 is 3.00 bits per heavy atom. The van der Waals surface area contributed by atoms with E-state index in [1.807, 2.05) is 24.3 Å². The predicted octanol–water partition coefficient (Wildman–Crippen LogP) is 2.66. The van der Waals surface area contributed by atoms with Crippen LogP contribution in [0.25, 0.3) is 0 Å². The molecule has 1 saturated heterocycles. The van der Waals surface area contributed by atoms with E-state index in [0.29, 0.717) is 13.2 Å². The highest BCUT2D eigenvalue weighted by atomic mass is 16.7. The maximum Gasteiger partial charge on any atom is 0.157 e. The van der Waals surface area contributed by atoms with E-state index in [1.54, 1.807) is 6.92 Å². The summed E-state index contributed by atoms with van der Waals surface area (Å²) in [5.41, 5.74) is 0.856. The molecule has 1 fully saturated rings.